The highest BCUT2D eigenvalue weighted by atomic mass is 16.4. The summed E-state index contributed by atoms with van der Waals surface area (Å²) in [6.45, 7) is 1.90. The standard InChI is InChI=1S/C9H17N3O3/c10-9(15)12(6-3-8(13)14)7-1-4-11-5-2-7/h7,11H,1-6H2,(H2,10,15)(H,13,14). The molecule has 6 nitrogen and oxygen atoms in total. The number of hydrogen-bond acceptors (Lipinski definition) is 3. The highest BCUT2D eigenvalue weighted by Gasteiger charge is 2.23. The predicted octanol–water partition coefficient (Wildman–Crippen LogP) is -0.406. The molecule has 0 radical (unpaired) electrons. The van der Waals surface area contributed by atoms with Gasteiger partial charge in [-0.25, -0.2) is 4.79 Å². The van der Waals surface area contributed by atoms with Crippen LogP contribution < -0.4 is 11.1 Å². The fourth-order valence-corrected chi connectivity index (χ4v) is 1.81. The Morgan fingerprint density at radius 1 is 1.40 bits per heavy atom. The van der Waals surface area contributed by atoms with Crippen molar-refractivity contribution in [3.8, 4) is 0 Å². The lowest BCUT2D eigenvalue weighted by molar-refractivity contribution is -0.137. The van der Waals surface area contributed by atoms with Crippen LogP contribution in [0, 0.1) is 0 Å². The number of primary amides is 1. The van der Waals surface area contributed by atoms with Crippen LogP contribution in [0.3, 0.4) is 0 Å². The van der Waals surface area contributed by atoms with E-state index in [1.165, 1.54) is 4.90 Å². The van der Waals surface area contributed by atoms with E-state index in [-0.39, 0.29) is 19.0 Å². The van der Waals surface area contributed by atoms with Gasteiger partial charge in [-0.15, -0.1) is 0 Å². The summed E-state index contributed by atoms with van der Waals surface area (Å²) < 4.78 is 0. The van der Waals surface area contributed by atoms with Gasteiger partial charge >= 0.3 is 12.0 Å². The van der Waals surface area contributed by atoms with Gasteiger partial charge in [-0.3, -0.25) is 4.79 Å². The van der Waals surface area contributed by atoms with Gasteiger partial charge in [0.05, 0.1) is 6.42 Å². The molecule has 86 valence electrons. The van der Waals surface area contributed by atoms with Gasteiger partial charge in [0.25, 0.3) is 0 Å². The van der Waals surface area contributed by atoms with Crippen LogP contribution in [0.5, 0.6) is 0 Å². The van der Waals surface area contributed by atoms with E-state index in [9.17, 15) is 9.59 Å². The molecule has 0 atom stereocenters. The Bertz CT molecular complexity index is 239. The second-order valence-corrected chi connectivity index (χ2v) is 3.66. The van der Waals surface area contributed by atoms with Crippen molar-refractivity contribution in [1.29, 1.82) is 0 Å². The molecule has 1 fully saturated rings. The molecule has 6 heteroatoms. The molecule has 1 heterocycles. The van der Waals surface area contributed by atoms with Crippen molar-refractivity contribution in [2.24, 2.45) is 5.73 Å². The Kier molecular flexibility index (Phi) is 4.36. The summed E-state index contributed by atoms with van der Waals surface area (Å²) in [5.41, 5.74) is 5.23. The summed E-state index contributed by atoms with van der Waals surface area (Å²) in [6, 6.07) is -0.439. The monoisotopic (exact) mass is 215 g/mol. The number of carboxylic acid groups (broad SMARTS) is 1. The van der Waals surface area contributed by atoms with E-state index in [1.54, 1.807) is 0 Å². The number of nitrogens with zero attached hydrogens (tertiary/aromatic N) is 1. The summed E-state index contributed by atoms with van der Waals surface area (Å²) in [7, 11) is 0. The lowest BCUT2D eigenvalue weighted by atomic mass is 10.0. The van der Waals surface area contributed by atoms with Crippen LogP contribution in [-0.2, 0) is 4.79 Å². The first-order valence-corrected chi connectivity index (χ1v) is 5.10. The Labute approximate surface area is 88.4 Å². The third-order valence-corrected chi connectivity index (χ3v) is 2.60. The van der Waals surface area contributed by atoms with Gasteiger partial charge < -0.3 is 21.1 Å². The number of urea groups is 1. The van der Waals surface area contributed by atoms with E-state index in [0.717, 1.165) is 25.9 Å². The van der Waals surface area contributed by atoms with Gasteiger partial charge in [0, 0.05) is 12.6 Å². The summed E-state index contributed by atoms with van der Waals surface area (Å²) in [5, 5.41) is 11.7. The van der Waals surface area contributed by atoms with E-state index in [1.807, 2.05) is 0 Å². The molecule has 0 aromatic carbocycles. The van der Waals surface area contributed by atoms with Gasteiger partial charge in [0.2, 0.25) is 0 Å². The first-order chi connectivity index (χ1) is 7.11. The SMILES string of the molecule is NC(=O)N(CCC(=O)O)C1CCNCC1. The Balaban J connectivity index is 2.48. The van der Waals surface area contributed by atoms with Gasteiger partial charge in [-0.1, -0.05) is 0 Å². The number of carboxylic acids is 1. The Morgan fingerprint density at radius 2 is 2.00 bits per heavy atom. The molecule has 1 aliphatic rings. The maximum atomic E-state index is 11.1. The number of rotatable bonds is 4. The number of carbonyl (C=O) groups is 2. The van der Waals surface area contributed by atoms with Crippen molar-refractivity contribution in [2.75, 3.05) is 19.6 Å². The number of amides is 2. The fourth-order valence-electron chi connectivity index (χ4n) is 1.81. The Morgan fingerprint density at radius 3 is 2.47 bits per heavy atom. The zero-order valence-corrected chi connectivity index (χ0v) is 8.61. The average Bonchev–Trinajstić information content (AvgIpc) is 2.18. The normalized spacial score (nSPS) is 17.3. The van der Waals surface area contributed by atoms with E-state index >= 15 is 0 Å². The van der Waals surface area contributed by atoms with Crippen molar-refractivity contribution < 1.29 is 14.7 Å². The van der Waals surface area contributed by atoms with Crippen LogP contribution in [0.4, 0.5) is 4.79 Å². The summed E-state index contributed by atoms with van der Waals surface area (Å²) in [4.78, 5) is 23.0. The molecule has 2 amide bonds. The zero-order chi connectivity index (χ0) is 11.3. The number of nitrogens with two attached hydrogens (primary N) is 1. The van der Waals surface area contributed by atoms with Crippen molar-refractivity contribution >= 4 is 12.0 Å². The molecule has 0 spiro atoms. The third-order valence-electron chi connectivity index (χ3n) is 2.60. The number of piperidine rings is 1. The number of carbonyl (C=O) groups excluding carboxylic acids is 1. The first kappa shape index (κ1) is 11.8. The van der Waals surface area contributed by atoms with E-state index in [0.29, 0.717) is 0 Å². The minimum Gasteiger partial charge on any atom is -0.481 e. The predicted molar refractivity (Wildman–Crippen MR) is 54.4 cm³/mol. The van der Waals surface area contributed by atoms with Gasteiger partial charge in [-0.2, -0.15) is 0 Å². The molecule has 0 bridgehead atoms. The van der Waals surface area contributed by atoms with E-state index < -0.39 is 12.0 Å². The van der Waals surface area contributed by atoms with Crippen molar-refractivity contribution in [2.45, 2.75) is 25.3 Å². The molecule has 0 unspecified atom stereocenters. The molecule has 0 saturated carbocycles. The smallest absolute Gasteiger partial charge is 0.315 e. The van der Waals surface area contributed by atoms with Crippen molar-refractivity contribution in [3.63, 3.8) is 0 Å². The van der Waals surface area contributed by atoms with Crippen LogP contribution in [-0.4, -0.2) is 47.7 Å². The minimum atomic E-state index is -0.907. The average molecular weight is 215 g/mol. The maximum Gasteiger partial charge on any atom is 0.315 e. The zero-order valence-electron chi connectivity index (χ0n) is 8.61. The summed E-state index contributed by atoms with van der Waals surface area (Å²) in [6.07, 6.45) is 1.62. The molecular formula is C9H17N3O3. The second kappa shape index (κ2) is 5.55. The minimum absolute atomic E-state index is 0.0487. The second-order valence-electron chi connectivity index (χ2n) is 3.66. The molecule has 1 rings (SSSR count). The highest BCUT2D eigenvalue weighted by molar-refractivity contribution is 5.73. The lowest BCUT2D eigenvalue weighted by Crippen LogP contribution is -2.49. The topological polar surface area (TPSA) is 95.7 Å². The molecule has 4 N–H and O–H groups in total. The summed E-state index contributed by atoms with van der Waals surface area (Å²) >= 11 is 0. The van der Waals surface area contributed by atoms with Gasteiger partial charge in [0.15, 0.2) is 0 Å². The molecule has 15 heavy (non-hydrogen) atoms. The summed E-state index contributed by atoms with van der Waals surface area (Å²) in [5.74, 6) is -0.907. The van der Waals surface area contributed by atoms with Crippen LogP contribution in [0.25, 0.3) is 0 Å². The molecule has 1 saturated heterocycles. The van der Waals surface area contributed by atoms with Crippen LogP contribution in [0.2, 0.25) is 0 Å². The van der Waals surface area contributed by atoms with Crippen LogP contribution in [0.1, 0.15) is 19.3 Å². The van der Waals surface area contributed by atoms with Crippen molar-refractivity contribution in [1.82, 2.24) is 10.2 Å². The molecule has 0 aromatic heterocycles. The first-order valence-electron chi connectivity index (χ1n) is 5.10. The van der Waals surface area contributed by atoms with E-state index in [2.05, 4.69) is 5.32 Å². The van der Waals surface area contributed by atoms with Crippen LogP contribution >= 0.6 is 0 Å². The maximum absolute atomic E-state index is 11.1. The molecule has 0 aromatic rings. The quantitative estimate of drug-likeness (QED) is 0.594. The molecular weight excluding hydrogens is 198 g/mol. The Hall–Kier alpha value is -1.30. The van der Waals surface area contributed by atoms with E-state index in [4.69, 9.17) is 10.8 Å². The largest absolute Gasteiger partial charge is 0.481 e. The molecule has 0 aliphatic carbocycles. The van der Waals surface area contributed by atoms with Gasteiger partial charge in [-0.05, 0) is 25.9 Å². The number of hydrogen-bond donors (Lipinski definition) is 3. The highest BCUT2D eigenvalue weighted by Crippen LogP contribution is 2.11. The van der Waals surface area contributed by atoms with Crippen LogP contribution in [0.15, 0.2) is 0 Å². The molecule has 1 aliphatic heterocycles. The lowest BCUT2D eigenvalue weighted by Gasteiger charge is -2.33. The fraction of sp³-hybridized carbons (Fsp3) is 0.778. The number of aliphatic carboxylic acids is 1. The number of nitrogens with one attached hydrogen (secondary N) is 1. The van der Waals surface area contributed by atoms with Gasteiger partial charge in [0.1, 0.15) is 0 Å². The van der Waals surface area contributed by atoms with Crippen molar-refractivity contribution in [3.05, 3.63) is 0 Å². The third kappa shape index (κ3) is 3.75.